The van der Waals surface area contributed by atoms with E-state index in [0.29, 0.717) is 16.6 Å². The molecule has 1 aromatic heterocycles. The second-order valence-corrected chi connectivity index (χ2v) is 8.85. The zero-order valence-corrected chi connectivity index (χ0v) is 18.1. The number of nitrogens with one attached hydrogen (secondary N) is 1. The van der Waals surface area contributed by atoms with Crippen molar-refractivity contribution in [3.8, 4) is 11.3 Å². The number of rotatable bonds is 6. The van der Waals surface area contributed by atoms with Crippen molar-refractivity contribution in [3.63, 3.8) is 0 Å². The van der Waals surface area contributed by atoms with E-state index in [2.05, 4.69) is 15.2 Å². The summed E-state index contributed by atoms with van der Waals surface area (Å²) in [5, 5.41) is 13.7. The second kappa shape index (κ2) is 9.31. The topological polar surface area (TPSA) is 78.3 Å². The monoisotopic (exact) mass is 428 g/mol. The lowest BCUT2D eigenvalue weighted by Crippen LogP contribution is -2.44. The van der Waals surface area contributed by atoms with E-state index in [-0.39, 0.29) is 17.6 Å². The van der Waals surface area contributed by atoms with Gasteiger partial charge < -0.3 is 15.3 Å². The van der Waals surface area contributed by atoms with Crippen molar-refractivity contribution >= 4 is 23.3 Å². The summed E-state index contributed by atoms with van der Waals surface area (Å²) in [6.45, 7) is 3.59. The molecule has 1 amide bonds. The van der Waals surface area contributed by atoms with Gasteiger partial charge in [-0.1, -0.05) is 36.6 Å². The summed E-state index contributed by atoms with van der Waals surface area (Å²) < 4.78 is 0. The molecule has 1 saturated carbocycles. The minimum absolute atomic E-state index is 0.247. The van der Waals surface area contributed by atoms with Crippen molar-refractivity contribution in [1.29, 1.82) is 0 Å². The summed E-state index contributed by atoms with van der Waals surface area (Å²) in [6, 6.07) is 7.24. The number of carbonyl (C=O) groups excluding carboxylic acids is 1. The van der Waals surface area contributed by atoms with Gasteiger partial charge in [0.2, 0.25) is 0 Å². The smallest absolute Gasteiger partial charge is 0.271 e. The maximum absolute atomic E-state index is 12.9. The Hall–Kier alpha value is -2.18. The van der Waals surface area contributed by atoms with Crippen LogP contribution in [0.15, 0.2) is 30.5 Å². The van der Waals surface area contributed by atoms with Crippen LogP contribution in [0.4, 0.5) is 5.82 Å². The average Bonchev–Trinajstić information content (AvgIpc) is 3.59. The number of carbonyl (C=O) groups is 1. The molecule has 1 aliphatic carbocycles. The van der Waals surface area contributed by atoms with Gasteiger partial charge in [-0.3, -0.25) is 4.79 Å². The fourth-order valence-electron chi connectivity index (χ4n) is 4.12. The molecule has 6 nitrogen and oxygen atoms in total. The zero-order valence-electron chi connectivity index (χ0n) is 17.4. The predicted molar refractivity (Wildman–Crippen MR) is 119 cm³/mol. The Bertz CT molecular complexity index is 873. The van der Waals surface area contributed by atoms with E-state index in [4.69, 9.17) is 16.6 Å². The Morgan fingerprint density at radius 1 is 1.17 bits per heavy atom. The van der Waals surface area contributed by atoms with E-state index in [0.717, 1.165) is 50.2 Å². The Morgan fingerprint density at radius 2 is 1.83 bits per heavy atom. The van der Waals surface area contributed by atoms with Crippen LogP contribution in [0.3, 0.4) is 0 Å². The third kappa shape index (κ3) is 4.93. The van der Waals surface area contributed by atoms with Crippen molar-refractivity contribution in [2.24, 2.45) is 5.92 Å². The molecule has 2 heterocycles. The SMILES string of the molecule is CC(O)[C@H](NC(=O)c1cnc(N2CCCCCC2)c(-c2ccc(Cl)cc2)n1)C1CC1. The molecule has 1 saturated heterocycles. The van der Waals surface area contributed by atoms with Gasteiger partial charge in [0.05, 0.1) is 18.3 Å². The molecule has 0 bridgehead atoms. The summed E-state index contributed by atoms with van der Waals surface area (Å²) in [6.07, 6.45) is 7.73. The van der Waals surface area contributed by atoms with Crippen molar-refractivity contribution in [1.82, 2.24) is 15.3 Å². The molecule has 1 aromatic carbocycles. The summed E-state index contributed by atoms with van der Waals surface area (Å²) in [4.78, 5) is 24.6. The van der Waals surface area contributed by atoms with Gasteiger partial charge in [-0.25, -0.2) is 9.97 Å². The first kappa shape index (κ1) is 21.1. The Kier molecular flexibility index (Phi) is 6.54. The van der Waals surface area contributed by atoms with Gasteiger partial charge in [0.15, 0.2) is 5.82 Å². The number of anilines is 1. The Morgan fingerprint density at radius 3 is 2.43 bits per heavy atom. The lowest BCUT2D eigenvalue weighted by Gasteiger charge is -2.24. The van der Waals surface area contributed by atoms with Gasteiger partial charge in [0, 0.05) is 23.7 Å². The van der Waals surface area contributed by atoms with E-state index in [1.54, 1.807) is 13.1 Å². The maximum atomic E-state index is 12.9. The molecule has 30 heavy (non-hydrogen) atoms. The largest absolute Gasteiger partial charge is 0.391 e. The molecular weight excluding hydrogens is 400 g/mol. The van der Waals surface area contributed by atoms with Crippen molar-refractivity contribution in [2.75, 3.05) is 18.0 Å². The van der Waals surface area contributed by atoms with E-state index in [9.17, 15) is 9.90 Å². The minimum Gasteiger partial charge on any atom is -0.391 e. The third-order valence-corrected chi connectivity index (χ3v) is 6.21. The predicted octanol–water partition coefficient (Wildman–Crippen LogP) is 4.07. The Balaban J connectivity index is 1.66. The molecule has 0 spiro atoms. The number of aliphatic hydroxyl groups excluding tert-OH is 1. The number of nitrogens with zero attached hydrogens (tertiary/aromatic N) is 3. The molecule has 0 radical (unpaired) electrons. The number of hydrogen-bond acceptors (Lipinski definition) is 5. The van der Waals surface area contributed by atoms with E-state index < -0.39 is 6.10 Å². The normalized spacial score (nSPS) is 19.1. The maximum Gasteiger partial charge on any atom is 0.271 e. The van der Waals surface area contributed by atoms with Crippen LogP contribution >= 0.6 is 11.6 Å². The first-order chi connectivity index (χ1) is 14.5. The van der Waals surface area contributed by atoms with Crippen molar-refractivity contribution < 1.29 is 9.90 Å². The lowest BCUT2D eigenvalue weighted by atomic mass is 10.1. The minimum atomic E-state index is -0.596. The summed E-state index contributed by atoms with van der Waals surface area (Å²) in [5.74, 6) is 0.858. The molecular formula is C23H29ClN4O2. The molecule has 7 heteroatoms. The van der Waals surface area contributed by atoms with Gasteiger partial charge in [-0.2, -0.15) is 0 Å². The number of hydrogen-bond donors (Lipinski definition) is 2. The van der Waals surface area contributed by atoms with Gasteiger partial charge in [-0.15, -0.1) is 0 Å². The second-order valence-electron chi connectivity index (χ2n) is 8.41. The number of amides is 1. The molecule has 2 fully saturated rings. The Labute approximate surface area is 182 Å². The van der Waals surface area contributed by atoms with Crippen molar-refractivity contribution in [3.05, 3.63) is 41.2 Å². The molecule has 1 unspecified atom stereocenters. The standard InChI is InChI=1S/C23H29ClN4O2/c1-15(29)20(16-6-7-16)27-23(30)19-14-25-22(28-12-4-2-3-5-13-28)21(26-19)17-8-10-18(24)11-9-17/h8-11,14-16,20,29H,2-7,12-13H2,1H3,(H,27,30)/t15?,20-/m0/s1. The highest BCUT2D eigenvalue weighted by molar-refractivity contribution is 6.30. The molecule has 160 valence electrons. The number of aromatic nitrogens is 2. The van der Waals surface area contributed by atoms with Crippen LogP contribution in [0, 0.1) is 5.92 Å². The van der Waals surface area contributed by atoms with E-state index in [1.807, 2.05) is 24.3 Å². The third-order valence-electron chi connectivity index (χ3n) is 5.96. The summed E-state index contributed by atoms with van der Waals surface area (Å²) in [7, 11) is 0. The highest BCUT2D eigenvalue weighted by atomic mass is 35.5. The van der Waals surface area contributed by atoms with Crippen LogP contribution in [-0.2, 0) is 0 Å². The van der Waals surface area contributed by atoms with Crippen molar-refractivity contribution in [2.45, 2.75) is 57.6 Å². The zero-order chi connectivity index (χ0) is 21.1. The van der Waals surface area contributed by atoms with Crippen LogP contribution in [0.2, 0.25) is 5.02 Å². The molecule has 4 rings (SSSR count). The van der Waals surface area contributed by atoms with E-state index in [1.165, 1.54) is 12.8 Å². The van der Waals surface area contributed by atoms with Gasteiger partial charge in [0.1, 0.15) is 11.4 Å². The average molecular weight is 429 g/mol. The van der Waals surface area contributed by atoms with E-state index >= 15 is 0 Å². The highest BCUT2D eigenvalue weighted by Crippen LogP contribution is 2.34. The quantitative estimate of drug-likeness (QED) is 0.725. The first-order valence-electron chi connectivity index (χ1n) is 10.9. The van der Waals surface area contributed by atoms with Crippen LogP contribution in [0.25, 0.3) is 11.3 Å². The fraction of sp³-hybridized carbons (Fsp3) is 0.522. The van der Waals surface area contributed by atoms with Gasteiger partial charge in [0.25, 0.3) is 5.91 Å². The molecule has 2 aromatic rings. The number of aliphatic hydroxyl groups is 1. The van der Waals surface area contributed by atoms with Gasteiger partial charge >= 0.3 is 0 Å². The number of benzene rings is 1. The van der Waals surface area contributed by atoms with Gasteiger partial charge in [-0.05, 0) is 50.7 Å². The lowest BCUT2D eigenvalue weighted by molar-refractivity contribution is 0.0831. The summed E-state index contributed by atoms with van der Waals surface area (Å²) >= 11 is 6.08. The first-order valence-corrected chi connectivity index (χ1v) is 11.3. The summed E-state index contributed by atoms with van der Waals surface area (Å²) in [5.41, 5.74) is 1.85. The fourth-order valence-corrected chi connectivity index (χ4v) is 4.25. The molecule has 2 aliphatic rings. The van der Waals surface area contributed by atoms with Crippen LogP contribution < -0.4 is 10.2 Å². The number of halogens is 1. The van der Waals surface area contributed by atoms with Crippen LogP contribution in [-0.4, -0.2) is 46.2 Å². The molecule has 2 N–H and O–H groups in total. The molecule has 2 atom stereocenters. The van der Waals surface area contributed by atoms with Crippen LogP contribution in [0.5, 0.6) is 0 Å². The highest BCUT2D eigenvalue weighted by Gasteiger charge is 2.35. The molecule has 1 aliphatic heterocycles. The van der Waals surface area contributed by atoms with Crippen LogP contribution in [0.1, 0.15) is 55.9 Å².